The summed E-state index contributed by atoms with van der Waals surface area (Å²) in [5.74, 6) is -1.74. The summed E-state index contributed by atoms with van der Waals surface area (Å²) in [6.07, 6.45) is 2.80. The van der Waals surface area contributed by atoms with Crippen molar-refractivity contribution in [3.8, 4) is 0 Å². The lowest BCUT2D eigenvalue weighted by Gasteiger charge is -2.33. The van der Waals surface area contributed by atoms with Gasteiger partial charge in [-0.25, -0.2) is 0 Å². The Balaban J connectivity index is 2.49. The number of aliphatic carboxylic acids is 2. The van der Waals surface area contributed by atoms with Gasteiger partial charge in [0.2, 0.25) is 0 Å². The molecule has 1 unspecified atom stereocenters. The highest BCUT2D eigenvalue weighted by atomic mass is 16.4. The number of hydrogen-bond acceptors (Lipinski definition) is 3. The SMILES string of the molecule is O=C(O)CC1CCCCN1CC(=O)O. The molecule has 1 rings (SSSR count). The monoisotopic (exact) mass is 201 g/mol. The molecule has 0 aliphatic carbocycles. The number of rotatable bonds is 4. The molecule has 1 fully saturated rings. The molecular weight excluding hydrogens is 186 g/mol. The van der Waals surface area contributed by atoms with Crippen LogP contribution in [0, 0.1) is 0 Å². The molecule has 0 radical (unpaired) electrons. The third-order valence-electron chi connectivity index (χ3n) is 2.50. The predicted molar refractivity (Wildman–Crippen MR) is 49.1 cm³/mol. The van der Waals surface area contributed by atoms with Crippen molar-refractivity contribution in [2.45, 2.75) is 31.7 Å². The zero-order chi connectivity index (χ0) is 10.6. The van der Waals surface area contributed by atoms with Crippen LogP contribution >= 0.6 is 0 Å². The second kappa shape index (κ2) is 4.95. The van der Waals surface area contributed by atoms with Gasteiger partial charge in [0, 0.05) is 6.04 Å². The maximum absolute atomic E-state index is 10.5. The average Bonchev–Trinajstić information content (AvgIpc) is 2.06. The molecule has 0 aromatic carbocycles. The van der Waals surface area contributed by atoms with E-state index in [-0.39, 0.29) is 19.0 Å². The summed E-state index contributed by atoms with van der Waals surface area (Å²) < 4.78 is 0. The largest absolute Gasteiger partial charge is 0.481 e. The number of carboxylic acid groups (broad SMARTS) is 2. The van der Waals surface area contributed by atoms with Gasteiger partial charge in [-0.15, -0.1) is 0 Å². The van der Waals surface area contributed by atoms with Crippen LogP contribution in [-0.4, -0.2) is 46.2 Å². The lowest BCUT2D eigenvalue weighted by atomic mass is 9.99. The summed E-state index contributed by atoms with van der Waals surface area (Å²) in [7, 11) is 0. The van der Waals surface area contributed by atoms with Gasteiger partial charge in [0.15, 0.2) is 0 Å². The van der Waals surface area contributed by atoms with E-state index in [2.05, 4.69) is 0 Å². The lowest BCUT2D eigenvalue weighted by molar-refractivity contribution is -0.143. The van der Waals surface area contributed by atoms with Gasteiger partial charge in [0.25, 0.3) is 0 Å². The summed E-state index contributed by atoms with van der Waals surface area (Å²) in [6.45, 7) is 0.655. The van der Waals surface area contributed by atoms with E-state index in [1.54, 1.807) is 4.90 Å². The van der Waals surface area contributed by atoms with Gasteiger partial charge >= 0.3 is 11.9 Å². The molecule has 1 aliphatic heterocycles. The molecule has 1 atom stereocenters. The molecule has 80 valence electrons. The van der Waals surface area contributed by atoms with Crippen LogP contribution in [0.4, 0.5) is 0 Å². The minimum atomic E-state index is -0.887. The van der Waals surface area contributed by atoms with Crippen molar-refractivity contribution in [1.29, 1.82) is 0 Å². The highest BCUT2D eigenvalue weighted by Crippen LogP contribution is 2.19. The van der Waals surface area contributed by atoms with E-state index in [9.17, 15) is 9.59 Å². The molecular formula is C9H15NO4. The fourth-order valence-corrected chi connectivity index (χ4v) is 1.87. The molecule has 1 heterocycles. The normalized spacial score (nSPS) is 23.3. The summed E-state index contributed by atoms with van der Waals surface area (Å²) in [5.41, 5.74) is 0. The van der Waals surface area contributed by atoms with E-state index >= 15 is 0 Å². The van der Waals surface area contributed by atoms with Crippen LogP contribution in [0.25, 0.3) is 0 Å². The van der Waals surface area contributed by atoms with E-state index in [4.69, 9.17) is 10.2 Å². The molecule has 5 heteroatoms. The van der Waals surface area contributed by atoms with Gasteiger partial charge < -0.3 is 10.2 Å². The van der Waals surface area contributed by atoms with Crippen LogP contribution < -0.4 is 0 Å². The van der Waals surface area contributed by atoms with Crippen molar-refractivity contribution in [3.63, 3.8) is 0 Å². The fraction of sp³-hybridized carbons (Fsp3) is 0.778. The van der Waals surface area contributed by atoms with Gasteiger partial charge in [-0.05, 0) is 19.4 Å². The molecule has 0 aromatic heterocycles. The Kier molecular flexibility index (Phi) is 3.88. The number of piperidine rings is 1. The van der Waals surface area contributed by atoms with E-state index in [0.29, 0.717) is 6.54 Å². The van der Waals surface area contributed by atoms with Crippen molar-refractivity contribution in [2.24, 2.45) is 0 Å². The lowest BCUT2D eigenvalue weighted by Crippen LogP contribution is -2.43. The number of hydrogen-bond donors (Lipinski definition) is 2. The predicted octanol–water partition coefficient (Wildman–Crippen LogP) is 0.400. The van der Waals surface area contributed by atoms with Crippen molar-refractivity contribution in [1.82, 2.24) is 4.90 Å². The molecule has 2 N–H and O–H groups in total. The second-order valence-electron chi connectivity index (χ2n) is 3.61. The Morgan fingerprint density at radius 3 is 2.50 bits per heavy atom. The third kappa shape index (κ3) is 3.33. The van der Waals surface area contributed by atoms with Crippen LogP contribution in [-0.2, 0) is 9.59 Å². The first kappa shape index (κ1) is 11.0. The van der Waals surface area contributed by atoms with Crippen molar-refractivity contribution < 1.29 is 19.8 Å². The van der Waals surface area contributed by atoms with Crippen LogP contribution in [0.2, 0.25) is 0 Å². The molecule has 5 nitrogen and oxygen atoms in total. The quantitative estimate of drug-likeness (QED) is 0.688. The van der Waals surface area contributed by atoms with Gasteiger partial charge in [-0.3, -0.25) is 14.5 Å². The smallest absolute Gasteiger partial charge is 0.317 e. The van der Waals surface area contributed by atoms with Crippen LogP contribution in [0.15, 0.2) is 0 Å². The highest BCUT2D eigenvalue weighted by Gasteiger charge is 2.25. The topological polar surface area (TPSA) is 77.8 Å². The molecule has 0 aromatic rings. The summed E-state index contributed by atoms with van der Waals surface area (Å²) >= 11 is 0. The first-order valence-electron chi connectivity index (χ1n) is 4.77. The zero-order valence-electron chi connectivity index (χ0n) is 7.98. The van der Waals surface area contributed by atoms with E-state index in [0.717, 1.165) is 19.3 Å². The molecule has 0 saturated carbocycles. The number of carbonyl (C=O) groups is 2. The number of carboxylic acids is 2. The Morgan fingerprint density at radius 2 is 1.93 bits per heavy atom. The minimum Gasteiger partial charge on any atom is -0.481 e. The van der Waals surface area contributed by atoms with Gasteiger partial charge in [-0.1, -0.05) is 6.42 Å². The average molecular weight is 201 g/mol. The van der Waals surface area contributed by atoms with Crippen LogP contribution in [0.5, 0.6) is 0 Å². The third-order valence-corrected chi connectivity index (χ3v) is 2.50. The molecule has 0 spiro atoms. The number of nitrogens with zero attached hydrogens (tertiary/aromatic N) is 1. The first-order valence-corrected chi connectivity index (χ1v) is 4.77. The zero-order valence-corrected chi connectivity index (χ0v) is 7.98. The standard InChI is InChI=1S/C9H15NO4/c11-8(12)5-7-3-1-2-4-10(7)6-9(13)14/h7H,1-6H2,(H,11,12)(H,13,14). The van der Waals surface area contributed by atoms with E-state index < -0.39 is 11.9 Å². The van der Waals surface area contributed by atoms with Crippen LogP contribution in [0.3, 0.4) is 0 Å². The van der Waals surface area contributed by atoms with Gasteiger partial charge in [-0.2, -0.15) is 0 Å². The minimum absolute atomic E-state index is 0.0437. The summed E-state index contributed by atoms with van der Waals surface area (Å²) in [6, 6.07) is -0.0997. The highest BCUT2D eigenvalue weighted by molar-refractivity contribution is 5.70. The van der Waals surface area contributed by atoms with Crippen LogP contribution in [0.1, 0.15) is 25.7 Å². The van der Waals surface area contributed by atoms with Gasteiger partial charge in [0.1, 0.15) is 0 Å². The maximum Gasteiger partial charge on any atom is 0.317 e. The van der Waals surface area contributed by atoms with Gasteiger partial charge in [0.05, 0.1) is 13.0 Å². The maximum atomic E-state index is 10.5. The summed E-state index contributed by atoms with van der Waals surface area (Å²) in [5, 5.41) is 17.3. The molecule has 0 bridgehead atoms. The Bertz CT molecular complexity index is 205. The Labute approximate surface area is 82.3 Å². The van der Waals surface area contributed by atoms with E-state index in [1.807, 2.05) is 0 Å². The van der Waals surface area contributed by atoms with Crippen molar-refractivity contribution in [2.75, 3.05) is 13.1 Å². The summed E-state index contributed by atoms with van der Waals surface area (Å²) in [4.78, 5) is 22.8. The molecule has 1 aliphatic rings. The molecule has 0 amide bonds. The fourth-order valence-electron chi connectivity index (χ4n) is 1.87. The number of likely N-dealkylation sites (tertiary alicyclic amines) is 1. The Hall–Kier alpha value is -1.10. The van der Waals surface area contributed by atoms with E-state index in [1.165, 1.54) is 0 Å². The van der Waals surface area contributed by atoms with Crippen molar-refractivity contribution in [3.05, 3.63) is 0 Å². The van der Waals surface area contributed by atoms with Crippen molar-refractivity contribution >= 4 is 11.9 Å². The molecule has 14 heavy (non-hydrogen) atoms. The first-order chi connectivity index (χ1) is 6.59. The second-order valence-corrected chi connectivity index (χ2v) is 3.61. The Morgan fingerprint density at radius 1 is 1.21 bits per heavy atom. The molecule has 1 saturated heterocycles.